The lowest BCUT2D eigenvalue weighted by Gasteiger charge is -2.07. The van der Waals surface area contributed by atoms with Crippen molar-refractivity contribution in [3.63, 3.8) is 0 Å². The van der Waals surface area contributed by atoms with Crippen molar-refractivity contribution in [3.8, 4) is 5.75 Å². The number of nitrogens with zero attached hydrogens (tertiary/aromatic N) is 2. The molecule has 19 heavy (non-hydrogen) atoms. The molecular formula is C13H16N4O2. The largest absolute Gasteiger partial charge is 0.508 e. The number of aromatic hydroxyl groups is 1. The number of phenolic OH excluding ortho intramolecular Hbond substituents is 1. The van der Waals surface area contributed by atoms with Crippen LogP contribution in [0.2, 0.25) is 0 Å². The number of carbonyl (C=O) groups excluding carboxylic acids is 1. The Morgan fingerprint density at radius 1 is 1.53 bits per heavy atom. The van der Waals surface area contributed by atoms with Crippen molar-refractivity contribution < 1.29 is 9.90 Å². The van der Waals surface area contributed by atoms with E-state index in [0.717, 1.165) is 0 Å². The van der Waals surface area contributed by atoms with Gasteiger partial charge in [0.1, 0.15) is 5.75 Å². The molecule has 0 fully saturated rings. The van der Waals surface area contributed by atoms with E-state index in [1.165, 1.54) is 6.07 Å². The molecule has 6 heteroatoms. The van der Waals surface area contributed by atoms with Crippen LogP contribution in [0.4, 0.5) is 5.69 Å². The molecule has 0 spiro atoms. The maximum absolute atomic E-state index is 12.0. The Labute approximate surface area is 110 Å². The maximum atomic E-state index is 12.0. The molecule has 1 aromatic carbocycles. The highest BCUT2D eigenvalue weighted by Gasteiger charge is 2.12. The lowest BCUT2D eigenvalue weighted by atomic mass is 10.1. The second kappa shape index (κ2) is 5.01. The van der Waals surface area contributed by atoms with E-state index < -0.39 is 0 Å². The SMILES string of the molecule is Cc1nn(C)cc1C(=O)NCc1cc(N)ccc1O. The third-order valence-electron chi connectivity index (χ3n) is 2.80. The van der Waals surface area contributed by atoms with E-state index in [4.69, 9.17) is 5.73 Å². The summed E-state index contributed by atoms with van der Waals surface area (Å²) in [7, 11) is 1.76. The number of hydrogen-bond acceptors (Lipinski definition) is 4. The second-order valence-corrected chi connectivity index (χ2v) is 4.37. The Kier molecular flexibility index (Phi) is 3.41. The fraction of sp³-hybridized carbons (Fsp3) is 0.231. The number of anilines is 1. The highest BCUT2D eigenvalue weighted by Crippen LogP contribution is 2.19. The summed E-state index contributed by atoms with van der Waals surface area (Å²) in [5.41, 5.74) is 7.94. The molecule has 100 valence electrons. The van der Waals surface area contributed by atoms with Crippen LogP contribution in [0, 0.1) is 6.92 Å². The second-order valence-electron chi connectivity index (χ2n) is 4.37. The van der Waals surface area contributed by atoms with Gasteiger partial charge in [0.15, 0.2) is 0 Å². The topological polar surface area (TPSA) is 93.2 Å². The fourth-order valence-electron chi connectivity index (χ4n) is 1.84. The monoisotopic (exact) mass is 260 g/mol. The first-order valence-electron chi connectivity index (χ1n) is 5.83. The number of hydrogen-bond donors (Lipinski definition) is 3. The zero-order valence-corrected chi connectivity index (χ0v) is 10.8. The van der Waals surface area contributed by atoms with Crippen molar-refractivity contribution >= 4 is 11.6 Å². The molecular weight excluding hydrogens is 244 g/mol. The number of benzene rings is 1. The third kappa shape index (κ3) is 2.85. The van der Waals surface area contributed by atoms with Crippen LogP contribution in [0.5, 0.6) is 5.75 Å². The van der Waals surface area contributed by atoms with Crippen LogP contribution in [0.15, 0.2) is 24.4 Å². The van der Waals surface area contributed by atoms with Crippen molar-refractivity contribution in [1.29, 1.82) is 0 Å². The molecule has 2 rings (SSSR count). The minimum atomic E-state index is -0.229. The molecule has 1 aromatic heterocycles. The van der Waals surface area contributed by atoms with E-state index in [1.807, 2.05) is 0 Å². The molecule has 0 atom stereocenters. The number of nitrogens with two attached hydrogens (primary N) is 1. The van der Waals surface area contributed by atoms with Crippen LogP contribution in [0.1, 0.15) is 21.6 Å². The highest BCUT2D eigenvalue weighted by atomic mass is 16.3. The number of nitrogens with one attached hydrogen (secondary N) is 1. The average Bonchev–Trinajstić information content (AvgIpc) is 2.69. The standard InChI is InChI=1S/C13H16N4O2/c1-8-11(7-17(2)16-8)13(19)15-6-9-5-10(14)3-4-12(9)18/h3-5,7,18H,6,14H2,1-2H3,(H,15,19). The number of rotatable bonds is 3. The summed E-state index contributed by atoms with van der Waals surface area (Å²) in [5, 5.41) is 16.5. The number of phenols is 1. The van der Waals surface area contributed by atoms with Crippen molar-refractivity contribution in [1.82, 2.24) is 15.1 Å². The molecule has 6 nitrogen and oxygen atoms in total. The molecule has 0 saturated carbocycles. The average molecular weight is 260 g/mol. The molecule has 0 aliphatic rings. The van der Waals surface area contributed by atoms with E-state index >= 15 is 0 Å². The molecule has 0 aliphatic heterocycles. The molecule has 4 N–H and O–H groups in total. The molecule has 0 radical (unpaired) electrons. The van der Waals surface area contributed by atoms with Crippen LogP contribution in [-0.2, 0) is 13.6 Å². The van der Waals surface area contributed by atoms with Gasteiger partial charge in [-0.2, -0.15) is 5.10 Å². The van der Waals surface area contributed by atoms with Gasteiger partial charge in [-0.25, -0.2) is 0 Å². The minimum Gasteiger partial charge on any atom is -0.508 e. The predicted molar refractivity (Wildman–Crippen MR) is 71.6 cm³/mol. The number of aryl methyl sites for hydroxylation is 2. The Hall–Kier alpha value is -2.50. The van der Waals surface area contributed by atoms with Gasteiger partial charge in [0, 0.05) is 31.0 Å². The Balaban J connectivity index is 2.08. The van der Waals surface area contributed by atoms with Crippen LogP contribution in [0.25, 0.3) is 0 Å². The van der Waals surface area contributed by atoms with E-state index in [1.54, 1.807) is 37.0 Å². The van der Waals surface area contributed by atoms with Gasteiger partial charge in [0.05, 0.1) is 11.3 Å². The molecule has 2 aromatic rings. The zero-order chi connectivity index (χ0) is 14.0. The lowest BCUT2D eigenvalue weighted by Crippen LogP contribution is -2.23. The van der Waals surface area contributed by atoms with Crippen molar-refractivity contribution in [2.75, 3.05) is 5.73 Å². The summed E-state index contributed by atoms with van der Waals surface area (Å²) in [6.07, 6.45) is 1.66. The Bertz CT molecular complexity index is 619. The summed E-state index contributed by atoms with van der Waals surface area (Å²) in [5.74, 6) is -0.121. The van der Waals surface area contributed by atoms with Crippen LogP contribution >= 0.6 is 0 Å². The summed E-state index contributed by atoms with van der Waals surface area (Å²) >= 11 is 0. The minimum absolute atomic E-state index is 0.109. The molecule has 0 saturated heterocycles. The van der Waals surface area contributed by atoms with E-state index in [-0.39, 0.29) is 18.2 Å². The van der Waals surface area contributed by atoms with Crippen molar-refractivity contribution in [2.45, 2.75) is 13.5 Å². The van der Waals surface area contributed by atoms with Gasteiger partial charge < -0.3 is 16.2 Å². The van der Waals surface area contributed by atoms with E-state index in [0.29, 0.717) is 22.5 Å². The predicted octanol–water partition coefficient (Wildman–Crippen LogP) is 0.946. The molecule has 0 aliphatic carbocycles. The first-order chi connectivity index (χ1) is 8.97. The van der Waals surface area contributed by atoms with E-state index in [9.17, 15) is 9.90 Å². The van der Waals surface area contributed by atoms with Crippen molar-refractivity contribution in [3.05, 3.63) is 41.2 Å². The normalized spacial score (nSPS) is 10.4. The first kappa shape index (κ1) is 12.9. The van der Waals surface area contributed by atoms with Gasteiger partial charge in [-0.15, -0.1) is 0 Å². The number of nitrogen functional groups attached to an aromatic ring is 1. The first-order valence-corrected chi connectivity index (χ1v) is 5.83. The Morgan fingerprint density at radius 3 is 2.89 bits per heavy atom. The summed E-state index contributed by atoms with van der Waals surface area (Å²) in [6.45, 7) is 1.98. The zero-order valence-electron chi connectivity index (χ0n) is 10.8. The number of carbonyl (C=O) groups is 1. The van der Waals surface area contributed by atoms with E-state index in [2.05, 4.69) is 10.4 Å². The van der Waals surface area contributed by atoms with Gasteiger partial charge in [-0.1, -0.05) is 0 Å². The molecule has 1 heterocycles. The number of amides is 1. The third-order valence-corrected chi connectivity index (χ3v) is 2.80. The Morgan fingerprint density at radius 2 is 2.26 bits per heavy atom. The van der Waals surface area contributed by atoms with Crippen molar-refractivity contribution in [2.24, 2.45) is 7.05 Å². The van der Waals surface area contributed by atoms with Gasteiger partial charge in [0.25, 0.3) is 5.91 Å². The van der Waals surface area contributed by atoms with Crippen LogP contribution in [-0.4, -0.2) is 20.8 Å². The molecule has 0 unspecified atom stereocenters. The quantitative estimate of drug-likeness (QED) is 0.565. The number of aromatic nitrogens is 2. The lowest BCUT2D eigenvalue weighted by molar-refractivity contribution is 0.0950. The van der Waals surface area contributed by atoms with Gasteiger partial charge >= 0.3 is 0 Å². The van der Waals surface area contributed by atoms with Crippen LogP contribution in [0.3, 0.4) is 0 Å². The highest BCUT2D eigenvalue weighted by molar-refractivity contribution is 5.95. The summed E-state index contributed by atoms with van der Waals surface area (Å²) in [4.78, 5) is 12.0. The smallest absolute Gasteiger partial charge is 0.255 e. The summed E-state index contributed by atoms with van der Waals surface area (Å²) < 4.78 is 1.59. The fourth-order valence-corrected chi connectivity index (χ4v) is 1.84. The van der Waals surface area contributed by atoms with Gasteiger partial charge in [0.2, 0.25) is 0 Å². The van der Waals surface area contributed by atoms with Gasteiger partial charge in [-0.3, -0.25) is 9.48 Å². The molecule has 0 bridgehead atoms. The van der Waals surface area contributed by atoms with Gasteiger partial charge in [-0.05, 0) is 25.1 Å². The molecule has 1 amide bonds. The maximum Gasteiger partial charge on any atom is 0.255 e. The van der Waals surface area contributed by atoms with Crippen LogP contribution < -0.4 is 11.1 Å². The summed E-state index contributed by atoms with van der Waals surface area (Å²) in [6, 6.07) is 4.74.